The fraction of sp³-hybridized carbons (Fsp3) is 0.684. The van der Waals surface area contributed by atoms with Crippen LogP contribution in [-0.4, -0.2) is 29.6 Å². The lowest BCUT2D eigenvalue weighted by molar-refractivity contribution is -0.0784. The van der Waals surface area contributed by atoms with Gasteiger partial charge in [0.05, 0.1) is 6.10 Å². The highest BCUT2D eigenvalue weighted by Gasteiger charge is 2.57. The summed E-state index contributed by atoms with van der Waals surface area (Å²) in [6.07, 6.45) is 7.20. The number of aromatic amines is 1. The molecule has 1 aromatic rings. The van der Waals surface area contributed by atoms with Crippen molar-refractivity contribution in [1.82, 2.24) is 10.3 Å². The summed E-state index contributed by atoms with van der Waals surface area (Å²) >= 11 is 0. The summed E-state index contributed by atoms with van der Waals surface area (Å²) in [6, 6.07) is 3.40. The number of ether oxygens (including phenoxy) is 1. The molecule has 5 heteroatoms. The van der Waals surface area contributed by atoms with Crippen LogP contribution >= 0.6 is 0 Å². The first-order valence-electron chi connectivity index (χ1n) is 9.33. The lowest BCUT2D eigenvalue weighted by Crippen LogP contribution is -2.63. The van der Waals surface area contributed by atoms with Gasteiger partial charge in [-0.25, -0.2) is 0 Å². The maximum absolute atomic E-state index is 12.7. The molecule has 0 radical (unpaired) electrons. The summed E-state index contributed by atoms with van der Waals surface area (Å²) in [6.45, 7) is 2.78. The van der Waals surface area contributed by atoms with Gasteiger partial charge < -0.3 is 15.0 Å². The highest BCUT2D eigenvalue weighted by Crippen LogP contribution is 2.51. The quantitative estimate of drug-likeness (QED) is 0.889. The molecule has 2 saturated carbocycles. The van der Waals surface area contributed by atoms with E-state index in [2.05, 4.69) is 10.3 Å². The zero-order valence-electron chi connectivity index (χ0n) is 14.2. The zero-order chi connectivity index (χ0) is 16.7. The summed E-state index contributed by atoms with van der Waals surface area (Å²) in [5.74, 6) is 1.47. The van der Waals surface area contributed by atoms with Gasteiger partial charge in [0.2, 0.25) is 5.56 Å². The van der Waals surface area contributed by atoms with E-state index < -0.39 is 0 Å². The lowest BCUT2D eigenvalue weighted by Gasteiger charge is -2.50. The van der Waals surface area contributed by atoms with E-state index in [9.17, 15) is 9.59 Å². The Morgan fingerprint density at radius 1 is 1.29 bits per heavy atom. The molecular weight excluding hydrogens is 304 g/mol. The molecular formula is C19H26N2O3. The standard InChI is InChI=1S/C19H26N2O3/c1-2-13-9-12(10-15(22)20-13)19(23)21-17-14-7-8-24-18(14)16(17)11-5-3-4-6-11/h9-11,14,16-18H,2-8H2,1H3,(H,20,22)(H,21,23)/t14-,16+,17-,18-/m0/s1. The van der Waals surface area contributed by atoms with Crippen molar-refractivity contribution in [3.05, 3.63) is 33.7 Å². The smallest absolute Gasteiger partial charge is 0.251 e. The fourth-order valence-corrected chi connectivity index (χ4v) is 5.02. The van der Waals surface area contributed by atoms with E-state index in [0.717, 1.165) is 18.7 Å². The molecule has 130 valence electrons. The Hall–Kier alpha value is -1.62. The third kappa shape index (κ3) is 2.69. The molecule has 1 saturated heterocycles. The van der Waals surface area contributed by atoms with Gasteiger partial charge in [0.25, 0.3) is 5.91 Å². The Kier molecular flexibility index (Phi) is 4.21. The molecule has 2 aliphatic carbocycles. The molecule has 4 rings (SSSR count). The van der Waals surface area contributed by atoms with Gasteiger partial charge in [-0.2, -0.15) is 0 Å². The van der Waals surface area contributed by atoms with Crippen LogP contribution in [0.3, 0.4) is 0 Å². The predicted molar refractivity (Wildman–Crippen MR) is 91.0 cm³/mol. The SMILES string of the molecule is CCc1cc(C(=O)N[C@H]2[C@@H]3CCO[C@@H]3[C@@H]2C2CCCC2)cc(=O)[nH]1. The van der Waals surface area contributed by atoms with Crippen molar-refractivity contribution in [2.75, 3.05) is 6.61 Å². The molecule has 2 N–H and O–H groups in total. The van der Waals surface area contributed by atoms with E-state index in [-0.39, 0.29) is 17.5 Å². The van der Waals surface area contributed by atoms with Crippen LogP contribution in [0.15, 0.2) is 16.9 Å². The van der Waals surface area contributed by atoms with Gasteiger partial charge in [0, 0.05) is 41.8 Å². The van der Waals surface area contributed by atoms with Crippen molar-refractivity contribution in [3.63, 3.8) is 0 Å². The minimum absolute atomic E-state index is 0.117. The summed E-state index contributed by atoms with van der Waals surface area (Å²) in [4.78, 5) is 27.2. The average molecular weight is 330 g/mol. The zero-order valence-corrected chi connectivity index (χ0v) is 14.2. The molecule has 4 atom stereocenters. The second kappa shape index (κ2) is 6.36. The fourth-order valence-electron chi connectivity index (χ4n) is 5.02. The summed E-state index contributed by atoms with van der Waals surface area (Å²) in [5, 5.41) is 3.24. The second-order valence-corrected chi connectivity index (χ2v) is 7.52. The molecule has 0 bridgehead atoms. The van der Waals surface area contributed by atoms with E-state index in [4.69, 9.17) is 4.74 Å². The molecule has 1 amide bonds. The number of hydrogen-bond acceptors (Lipinski definition) is 3. The van der Waals surface area contributed by atoms with Gasteiger partial charge >= 0.3 is 0 Å². The van der Waals surface area contributed by atoms with E-state index in [1.165, 1.54) is 31.7 Å². The van der Waals surface area contributed by atoms with Gasteiger partial charge in [-0.15, -0.1) is 0 Å². The molecule has 5 nitrogen and oxygen atoms in total. The van der Waals surface area contributed by atoms with Crippen molar-refractivity contribution in [2.45, 2.75) is 57.6 Å². The number of aromatic nitrogens is 1. The molecule has 0 spiro atoms. The number of pyridine rings is 1. The van der Waals surface area contributed by atoms with Gasteiger partial charge in [0.1, 0.15) is 0 Å². The Balaban J connectivity index is 1.51. The maximum Gasteiger partial charge on any atom is 0.251 e. The first-order chi connectivity index (χ1) is 11.7. The number of fused-ring (bicyclic) bond motifs is 1. The van der Waals surface area contributed by atoms with Crippen LogP contribution < -0.4 is 10.9 Å². The third-order valence-corrected chi connectivity index (χ3v) is 6.22. The number of aryl methyl sites for hydroxylation is 1. The van der Waals surface area contributed by atoms with Crippen molar-refractivity contribution >= 4 is 5.91 Å². The summed E-state index contributed by atoms with van der Waals surface area (Å²) < 4.78 is 5.94. The number of carbonyl (C=O) groups excluding carboxylic acids is 1. The summed E-state index contributed by atoms with van der Waals surface area (Å²) in [5.41, 5.74) is 1.07. The Morgan fingerprint density at radius 3 is 2.83 bits per heavy atom. The first-order valence-corrected chi connectivity index (χ1v) is 9.33. The normalized spacial score (nSPS) is 32.4. The van der Waals surface area contributed by atoms with Gasteiger partial charge in [-0.05, 0) is 24.8 Å². The van der Waals surface area contributed by atoms with Crippen molar-refractivity contribution < 1.29 is 9.53 Å². The van der Waals surface area contributed by atoms with Gasteiger partial charge in [-0.1, -0.05) is 32.6 Å². The monoisotopic (exact) mass is 330 g/mol. The molecule has 24 heavy (non-hydrogen) atoms. The molecule has 2 heterocycles. The minimum Gasteiger partial charge on any atom is -0.377 e. The Morgan fingerprint density at radius 2 is 2.08 bits per heavy atom. The van der Waals surface area contributed by atoms with Gasteiger partial charge in [0.15, 0.2) is 0 Å². The van der Waals surface area contributed by atoms with E-state index in [1.807, 2.05) is 6.92 Å². The minimum atomic E-state index is -0.206. The molecule has 1 aromatic heterocycles. The van der Waals surface area contributed by atoms with E-state index in [0.29, 0.717) is 35.8 Å². The van der Waals surface area contributed by atoms with Crippen LogP contribution in [-0.2, 0) is 11.2 Å². The summed E-state index contributed by atoms with van der Waals surface area (Å²) in [7, 11) is 0. The van der Waals surface area contributed by atoms with Crippen molar-refractivity contribution in [3.8, 4) is 0 Å². The lowest BCUT2D eigenvalue weighted by atomic mass is 9.61. The number of carbonyl (C=O) groups is 1. The second-order valence-electron chi connectivity index (χ2n) is 7.52. The van der Waals surface area contributed by atoms with E-state index >= 15 is 0 Å². The van der Waals surface area contributed by atoms with Crippen LogP contribution in [0.5, 0.6) is 0 Å². The van der Waals surface area contributed by atoms with Crippen LogP contribution in [0.2, 0.25) is 0 Å². The van der Waals surface area contributed by atoms with Gasteiger partial charge in [-0.3, -0.25) is 9.59 Å². The molecule has 3 fully saturated rings. The molecule has 3 aliphatic rings. The molecule has 0 unspecified atom stereocenters. The molecule has 0 aromatic carbocycles. The van der Waals surface area contributed by atoms with E-state index in [1.54, 1.807) is 6.07 Å². The number of amides is 1. The Labute approximate surface area is 142 Å². The number of nitrogens with one attached hydrogen (secondary N) is 2. The van der Waals surface area contributed by atoms with Crippen LogP contribution in [0, 0.1) is 17.8 Å². The average Bonchev–Trinajstić information content (AvgIpc) is 3.23. The third-order valence-electron chi connectivity index (χ3n) is 6.22. The number of rotatable bonds is 4. The topological polar surface area (TPSA) is 71.2 Å². The van der Waals surface area contributed by atoms with Crippen molar-refractivity contribution in [1.29, 1.82) is 0 Å². The molecule has 1 aliphatic heterocycles. The maximum atomic E-state index is 12.7. The largest absolute Gasteiger partial charge is 0.377 e. The number of hydrogen-bond donors (Lipinski definition) is 2. The van der Waals surface area contributed by atoms with Crippen LogP contribution in [0.25, 0.3) is 0 Å². The van der Waals surface area contributed by atoms with Crippen molar-refractivity contribution in [2.24, 2.45) is 17.8 Å². The van der Waals surface area contributed by atoms with Crippen LogP contribution in [0.1, 0.15) is 55.1 Å². The Bertz CT molecular complexity index is 673. The highest BCUT2D eigenvalue weighted by molar-refractivity contribution is 5.94. The van der Waals surface area contributed by atoms with Crippen LogP contribution in [0.4, 0.5) is 0 Å². The predicted octanol–water partition coefficient (Wildman–Crippen LogP) is 2.26. The number of H-pyrrole nitrogens is 1. The first kappa shape index (κ1) is 15.9. The highest BCUT2D eigenvalue weighted by atomic mass is 16.5.